The molecule has 0 saturated heterocycles. The smallest absolute Gasteiger partial charge is 0.0465 e. The lowest BCUT2D eigenvalue weighted by atomic mass is 9.85. The van der Waals surface area contributed by atoms with Crippen molar-refractivity contribution in [1.29, 1.82) is 0 Å². The van der Waals surface area contributed by atoms with Crippen molar-refractivity contribution >= 4 is 0 Å². The van der Waals surface area contributed by atoms with Gasteiger partial charge in [-0.15, -0.1) is 0 Å². The van der Waals surface area contributed by atoms with Crippen LogP contribution in [0, 0.1) is 11.8 Å². The van der Waals surface area contributed by atoms with Crippen LogP contribution in [-0.2, 0) is 0 Å². The van der Waals surface area contributed by atoms with E-state index in [1.54, 1.807) is 6.20 Å². The average Bonchev–Trinajstić information content (AvgIpc) is 2.61. The number of nitrogens with zero attached hydrogens (tertiary/aromatic N) is 1. The Kier molecular flexibility index (Phi) is 2.82. The van der Waals surface area contributed by atoms with Gasteiger partial charge in [0.2, 0.25) is 0 Å². The zero-order chi connectivity index (χ0) is 9.97. The second-order valence-electron chi connectivity index (χ2n) is 4.31. The topological polar surface area (TPSA) is 33.1 Å². The molecule has 1 heterocycles. The Bertz CT molecular complexity index is 286. The molecule has 14 heavy (non-hydrogen) atoms. The van der Waals surface area contributed by atoms with E-state index in [0.29, 0.717) is 24.4 Å². The molecule has 1 aromatic rings. The van der Waals surface area contributed by atoms with Crippen LogP contribution in [0.5, 0.6) is 0 Å². The van der Waals surface area contributed by atoms with Gasteiger partial charge in [0.05, 0.1) is 0 Å². The van der Waals surface area contributed by atoms with Crippen LogP contribution in [0.15, 0.2) is 24.5 Å². The zero-order valence-electron chi connectivity index (χ0n) is 8.56. The molecule has 0 aromatic carbocycles. The van der Waals surface area contributed by atoms with Crippen LogP contribution >= 0.6 is 0 Å². The summed E-state index contributed by atoms with van der Waals surface area (Å²) in [7, 11) is 0. The Morgan fingerprint density at radius 2 is 2.36 bits per heavy atom. The molecule has 1 aliphatic carbocycles. The van der Waals surface area contributed by atoms with E-state index in [0.717, 1.165) is 6.42 Å². The van der Waals surface area contributed by atoms with Gasteiger partial charge in [-0.1, -0.05) is 13.0 Å². The van der Waals surface area contributed by atoms with E-state index >= 15 is 0 Å². The summed E-state index contributed by atoms with van der Waals surface area (Å²) in [5.41, 5.74) is 1.29. The van der Waals surface area contributed by atoms with Crippen molar-refractivity contribution in [3.63, 3.8) is 0 Å². The maximum absolute atomic E-state index is 9.30. The third-order valence-electron chi connectivity index (χ3n) is 3.42. The average molecular weight is 191 g/mol. The van der Waals surface area contributed by atoms with E-state index in [4.69, 9.17) is 0 Å². The monoisotopic (exact) mass is 191 g/mol. The molecule has 3 atom stereocenters. The van der Waals surface area contributed by atoms with E-state index in [9.17, 15) is 5.11 Å². The third-order valence-corrected chi connectivity index (χ3v) is 3.42. The molecule has 0 spiro atoms. The second kappa shape index (κ2) is 4.09. The van der Waals surface area contributed by atoms with Crippen molar-refractivity contribution in [3.8, 4) is 0 Å². The van der Waals surface area contributed by atoms with Crippen LogP contribution in [0.3, 0.4) is 0 Å². The Hall–Kier alpha value is -0.890. The summed E-state index contributed by atoms with van der Waals surface area (Å²) in [6.45, 7) is 2.58. The van der Waals surface area contributed by atoms with Crippen LogP contribution in [0.1, 0.15) is 31.2 Å². The van der Waals surface area contributed by atoms with Gasteiger partial charge in [-0.2, -0.15) is 0 Å². The van der Waals surface area contributed by atoms with Crippen molar-refractivity contribution in [2.24, 2.45) is 11.8 Å². The third kappa shape index (κ3) is 1.67. The van der Waals surface area contributed by atoms with Crippen molar-refractivity contribution in [2.75, 3.05) is 6.61 Å². The van der Waals surface area contributed by atoms with Crippen molar-refractivity contribution < 1.29 is 5.11 Å². The predicted octanol–water partition coefficient (Wildman–Crippen LogP) is 2.20. The first-order valence-electron chi connectivity index (χ1n) is 5.33. The van der Waals surface area contributed by atoms with Gasteiger partial charge >= 0.3 is 0 Å². The molecule has 1 aliphatic rings. The number of aromatic nitrogens is 1. The molecule has 2 rings (SSSR count). The number of aliphatic hydroxyl groups is 1. The highest BCUT2D eigenvalue weighted by Gasteiger charge is 2.33. The normalized spacial score (nSPS) is 32.0. The minimum atomic E-state index is 0.309. The van der Waals surface area contributed by atoms with Crippen LogP contribution in [0.4, 0.5) is 0 Å². The molecule has 1 saturated carbocycles. The first-order chi connectivity index (χ1) is 6.83. The van der Waals surface area contributed by atoms with E-state index < -0.39 is 0 Å². The fraction of sp³-hybridized carbons (Fsp3) is 0.583. The highest BCUT2D eigenvalue weighted by Crippen LogP contribution is 2.43. The Labute approximate surface area is 85.0 Å². The minimum Gasteiger partial charge on any atom is -0.396 e. The molecule has 2 heteroatoms. The van der Waals surface area contributed by atoms with Gasteiger partial charge in [0.15, 0.2) is 0 Å². The SMILES string of the molecule is C[C@@H]1CC[C@H](CO)C1c1cccnc1. The summed E-state index contributed by atoms with van der Waals surface area (Å²) in [5.74, 6) is 1.62. The summed E-state index contributed by atoms with van der Waals surface area (Å²) >= 11 is 0. The highest BCUT2D eigenvalue weighted by molar-refractivity contribution is 5.18. The van der Waals surface area contributed by atoms with Crippen molar-refractivity contribution in [2.45, 2.75) is 25.7 Å². The van der Waals surface area contributed by atoms with Gasteiger partial charge in [-0.25, -0.2) is 0 Å². The molecule has 0 aliphatic heterocycles. The molecule has 1 N–H and O–H groups in total. The molecule has 0 radical (unpaired) electrons. The summed E-state index contributed by atoms with van der Waals surface area (Å²) in [5, 5.41) is 9.30. The molecule has 1 unspecified atom stereocenters. The van der Waals surface area contributed by atoms with Crippen LogP contribution in [-0.4, -0.2) is 16.7 Å². The van der Waals surface area contributed by atoms with Crippen LogP contribution < -0.4 is 0 Å². The maximum Gasteiger partial charge on any atom is 0.0465 e. The summed E-state index contributed by atoms with van der Waals surface area (Å²) < 4.78 is 0. The fourth-order valence-corrected chi connectivity index (χ4v) is 2.68. The van der Waals surface area contributed by atoms with Crippen LogP contribution in [0.25, 0.3) is 0 Å². The molecular weight excluding hydrogens is 174 g/mol. The Morgan fingerprint density at radius 3 is 3.00 bits per heavy atom. The first-order valence-corrected chi connectivity index (χ1v) is 5.33. The summed E-state index contributed by atoms with van der Waals surface area (Å²) in [4.78, 5) is 4.15. The molecule has 76 valence electrons. The van der Waals surface area contributed by atoms with E-state index in [1.165, 1.54) is 12.0 Å². The number of aliphatic hydroxyl groups excluding tert-OH is 1. The molecule has 1 aromatic heterocycles. The van der Waals surface area contributed by atoms with Gasteiger partial charge in [-0.3, -0.25) is 4.98 Å². The van der Waals surface area contributed by atoms with E-state index in [1.807, 2.05) is 12.3 Å². The molecule has 0 amide bonds. The number of hydrogen-bond acceptors (Lipinski definition) is 2. The number of pyridine rings is 1. The van der Waals surface area contributed by atoms with Gasteiger partial charge < -0.3 is 5.11 Å². The lowest BCUT2D eigenvalue weighted by molar-refractivity contribution is 0.211. The van der Waals surface area contributed by atoms with Gasteiger partial charge in [0.1, 0.15) is 0 Å². The largest absolute Gasteiger partial charge is 0.396 e. The number of rotatable bonds is 2. The first kappa shape index (κ1) is 9.66. The summed E-state index contributed by atoms with van der Waals surface area (Å²) in [6.07, 6.45) is 6.12. The fourth-order valence-electron chi connectivity index (χ4n) is 2.68. The quantitative estimate of drug-likeness (QED) is 0.777. The number of hydrogen-bond donors (Lipinski definition) is 1. The standard InChI is InChI=1S/C12H17NO/c1-9-4-5-11(8-14)12(9)10-3-2-6-13-7-10/h2-3,6-7,9,11-12,14H,4-5,8H2,1H3/t9-,11-,12?/m1/s1. The highest BCUT2D eigenvalue weighted by atomic mass is 16.3. The Morgan fingerprint density at radius 1 is 1.50 bits per heavy atom. The predicted molar refractivity (Wildman–Crippen MR) is 56.0 cm³/mol. The van der Waals surface area contributed by atoms with Gasteiger partial charge in [-0.05, 0) is 42.2 Å². The second-order valence-corrected chi connectivity index (χ2v) is 4.31. The van der Waals surface area contributed by atoms with Gasteiger partial charge in [0.25, 0.3) is 0 Å². The Balaban J connectivity index is 2.23. The molecule has 2 nitrogen and oxygen atoms in total. The molecular formula is C12H17NO. The lowest BCUT2D eigenvalue weighted by Gasteiger charge is -2.21. The van der Waals surface area contributed by atoms with E-state index in [-0.39, 0.29) is 0 Å². The van der Waals surface area contributed by atoms with Crippen molar-refractivity contribution in [1.82, 2.24) is 4.98 Å². The lowest BCUT2D eigenvalue weighted by Crippen LogP contribution is -2.14. The minimum absolute atomic E-state index is 0.309. The van der Waals surface area contributed by atoms with Crippen LogP contribution in [0.2, 0.25) is 0 Å². The van der Waals surface area contributed by atoms with Gasteiger partial charge in [0, 0.05) is 19.0 Å². The maximum atomic E-state index is 9.30. The molecule has 1 fully saturated rings. The summed E-state index contributed by atoms with van der Waals surface area (Å²) in [6, 6.07) is 4.11. The molecule has 0 bridgehead atoms. The zero-order valence-corrected chi connectivity index (χ0v) is 8.56. The van der Waals surface area contributed by atoms with E-state index in [2.05, 4.69) is 18.0 Å². The van der Waals surface area contributed by atoms with Crippen molar-refractivity contribution in [3.05, 3.63) is 30.1 Å².